The number of nitrogens with zero attached hydrogens (tertiary/aromatic N) is 2. The third kappa shape index (κ3) is 5.27. The summed E-state index contributed by atoms with van der Waals surface area (Å²) in [5, 5.41) is 10.3. The molecule has 0 aliphatic heterocycles. The minimum atomic E-state index is -1.12. The van der Waals surface area contributed by atoms with Gasteiger partial charge in [-0.2, -0.15) is 0 Å². The van der Waals surface area contributed by atoms with Crippen LogP contribution in [0.15, 0.2) is 53.1 Å². The van der Waals surface area contributed by atoms with E-state index in [9.17, 15) is 19.1 Å². The van der Waals surface area contributed by atoms with Gasteiger partial charge in [0.2, 0.25) is 5.91 Å². The number of benzene rings is 2. The van der Waals surface area contributed by atoms with E-state index in [-0.39, 0.29) is 24.4 Å². The number of hydrogen-bond donors (Lipinski definition) is 1. The number of halogens is 2. The Morgan fingerprint density at radius 1 is 1.17 bits per heavy atom. The lowest BCUT2D eigenvalue weighted by Crippen LogP contribution is -2.35. The van der Waals surface area contributed by atoms with Gasteiger partial charge >= 0.3 is 5.97 Å². The number of aliphatic carboxylic acids is 1. The second kappa shape index (κ2) is 9.89. The molecule has 0 spiro atoms. The van der Waals surface area contributed by atoms with Crippen LogP contribution in [-0.2, 0) is 29.1 Å². The topological polar surface area (TPSA) is 62.5 Å². The molecule has 1 amide bonds. The quantitative estimate of drug-likeness (QED) is 0.474. The Balaban J connectivity index is 1.76. The summed E-state index contributed by atoms with van der Waals surface area (Å²) in [5.41, 5.74) is 2.46. The fraction of sp³-hybridized carbons (Fsp3) is 0.304. The van der Waals surface area contributed by atoms with Crippen LogP contribution in [0.4, 0.5) is 4.39 Å². The number of fused-ring (bicyclic) bond motifs is 1. The molecular formula is C23H24BrFN2O3. The zero-order valence-corrected chi connectivity index (χ0v) is 18.4. The van der Waals surface area contributed by atoms with Crippen molar-refractivity contribution < 1.29 is 19.1 Å². The Morgan fingerprint density at radius 3 is 2.63 bits per heavy atom. The van der Waals surface area contributed by atoms with Crippen molar-refractivity contribution in [3.63, 3.8) is 0 Å². The molecule has 0 saturated carbocycles. The maximum absolute atomic E-state index is 14.2. The van der Waals surface area contributed by atoms with E-state index in [0.29, 0.717) is 10.9 Å². The van der Waals surface area contributed by atoms with Crippen molar-refractivity contribution in [3.8, 4) is 0 Å². The average molecular weight is 475 g/mol. The van der Waals surface area contributed by atoms with Crippen molar-refractivity contribution in [2.24, 2.45) is 0 Å². The molecule has 0 radical (unpaired) electrons. The summed E-state index contributed by atoms with van der Waals surface area (Å²) in [6.45, 7) is 2.46. The van der Waals surface area contributed by atoms with Crippen LogP contribution in [0.2, 0.25) is 0 Å². The van der Waals surface area contributed by atoms with E-state index in [2.05, 4.69) is 39.7 Å². The highest BCUT2D eigenvalue weighted by Crippen LogP contribution is 2.23. The summed E-state index contributed by atoms with van der Waals surface area (Å²) in [5.74, 6) is -1.91. The van der Waals surface area contributed by atoms with E-state index in [0.717, 1.165) is 29.4 Å². The first-order chi connectivity index (χ1) is 14.4. The number of aryl methyl sites for hydroxylation is 2. The number of carbonyl (C=O) groups excluding carboxylic acids is 1. The molecule has 2 aromatic carbocycles. The van der Waals surface area contributed by atoms with E-state index < -0.39 is 18.3 Å². The smallest absolute Gasteiger partial charge is 0.323 e. The first-order valence-corrected chi connectivity index (χ1v) is 10.7. The minimum Gasteiger partial charge on any atom is -0.480 e. The van der Waals surface area contributed by atoms with Gasteiger partial charge in [0, 0.05) is 46.6 Å². The van der Waals surface area contributed by atoms with Gasteiger partial charge < -0.3 is 14.6 Å². The highest BCUT2D eigenvalue weighted by atomic mass is 79.9. The largest absolute Gasteiger partial charge is 0.480 e. The van der Waals surface area contributed by atoms with Gasteiger partial charge in [0.25, 0.3) is 0 Å². The number of rotatable bonds is 9. The van der Waals surface area contributed by atoms with Gasteiger partial charge in [-0.25, -0.2) is 4.39 Å². The third-order valence-electron chi connectivity index (χ3n) is 5.00. The van der Waals surface area contributed by atoms with Crippen LogP contribution in [0.25, 0.3) is 10.9 Å². The highest BCUT2D eigenvalue weighted by molar-refractivity contribution is 9.10. The van der Waals surface area contributed by atoms with Gasteiger partial charge in [-0.05, 0) is 36.6 Å². The Kier molecular flexibility index (Phi) is 7.26. The van der Waals surface area contributed by atoms with Crippen LogP contribution in [0, 0.1) is 5.82 Å². The van der Waals surface area contributed by atoms with Crippen LogP contribution < -0.4 is 0 Å². The number of hydrogen-bond acceptors (Lipinski definition) is 2. The molecule has 5 nitrogen and oxygen atoms in total. The molecule has 3 aromatic rings. The molecule has 30 heavy (non-hydrogen) atoms. The number of aromatic nitrogens is 1. The monoisotopic (exact) mass is 474 g/mol. The summed E-state index contributed by atoms with van der Waals surface area (Å²) < 4.78 is 17.0. The van der Waals surface area contributed by atoms with Crippen molar-refractivity contribution in [2.75, 3.05) is 6.54 Å². The second-order valence-electron chi connectivity index (χ2n) is 7.24. The SMILES string of the molecule is CCCn1cc(CCC(=O)N(CC(=O)O)Cc2ccc(Br)cc2F)c2ccccc21. The minimum absolute atomic E-state index is 0.0815. The Hall–Kier alpha value is -2.67. The van der Waals surface area contributed by atoms with Gasteiger partial charge in [0.15, 0.2) is 0 Å². The van der Waals surface area contributed by atoms with Crippen molar-refractivity contribution in [1.82, 2.24) is 9.47 Å². The van der Waals surface area contributed by atoms with Gasteiger partial charge in [-0.1, -0.05) is 47.1 Å². The molecule has 1 aromatic heterocycles. The molecule has 0 unspecified atom stereocenters. The van der Waals surface area contributed by atoms with Crippen molar-refractivity contribution in [1.29, 1.82) is 0 Å². The molecular weight excluding hydrogens is 451 g/mol. The van der Waals surface area contributed by atoms with Crippen molar-refractivity contribution >= 4 is 38.7 Å². The first-order valence-electron chi connectivity index (χ1n) is 9.89. The second-order valence-corrected chi connectivity index (χ2v) is 8.16. The summed E-state index contributed by atoms with van der Waals surface area (Å²) in [4.78, 5) is 25.3. The lowest BCUT2D eigenvalue weighted by Gasteiger charge is -2.21. The summed E-state index contributed by atoms with van der Waals surface area (Å²) in [6.07, 6.45) is 3.72. The van der Waals surface area contributed by atoms with Gasteiger partial charge in [-0.15, -0.1) is 0 Å². The predicted octanol–water partition coefficient (Wildman–Crippen LogP) is 5.00. The van der Waals surface area contributed by atoms with Crippen LogP contribution in [-0.4, -0.2) is 33.0 Å². The van der Waals surface area contributed by atoms with E-state index in [4.69, 9.17) is 0 Å². The maximum Gasteiger partial charge on any atom is 0.323 e. The van der Waals surface area contributed by atoms with E-state index in [1.165, 1.54) is 11.0 Å². The summed E-state index contributed by atoms with van der Waals surface area (Å²) in [7, 11) is 0. The standard InChI is InChI=1S/C23H24BrFN2O3/c1-2-11-26-13-16(19-5-3-4-6-21(19)26)8-10-22(28)27(15-23(29)30)14-17-7-9-18(24)12-20(17)25/h3-7,9,12-13H,2,8,10-11,14-15H2,1H3,(H,29,30). The maximum atomic E-state index is 14.2. The molecule has 158 valence electrons. The molecule has 0 atom stereocenters. The summed E-state index contributed by atoms with van der Waals surface area (Å²) >= 11 is 3.20. The Labute approximate surface area is 183 Å². The van der Waals surface area contributed by atoms with Crippen molar-refractivity contribution in [2.45, 2.75) is 39.3 Å². The number of carboxylic acid groups (broad SMARTS) is 1. The van der Waals surface area contributed by atoms with Gasteiger partial charge in [0.05, 0.1) is 0 Å². The van der Waals surface area contributed by atoms with Gasteiger partial charge in [-0.3, -0.25) is 9.59 Å². The normalized spacial score (nSPS) is 11.0. The molecule has 0 fully saturated rings. The third-order valence-corrected chi connectivity index (χ3v) is 5.49. The van der Waals surface area contributed by atoms with Crippen molar-refractivity contribution in [3.05, 3.63) is 70.1 Å². The number of carboxylic acids is 1. The van der Waals surface area contributed by atoms with E-state index in [1.54, 1.807) is 12.1 Å². The fourth-order valence-corrected chi connectivity index (χ4v) is 3.93. The first kappa shape index (κ1) is 22.0. The lowest BCUT2D eigenvalue weighted by atomic mass is 10.1. The molecule has 0 aliphatic carbocycles. The predicted molar refractivity (Wildman–Crippen MR) is 118 cm³/mol. The zero-order valence-electron chi connectivity index (χ0n) is 16.8. The summed E-state index contributed by atoms with van der Waals surface area (Å²) in [6, 6.07) is 12.6. The zero-order chi connectivity index (χ0) is 21.7. The van der Waals surface area contributed by atoms with Crippen LogP contribution in [0.3, 0.4) is 0 Å². The highest BCUT2D eigenvalue weighted by Gasteiger charge is 2.19. The fourth-order valence-electron chi connectivity index (χ4n) is 3.60. The number of carbonyl (C=O) groups is 2. The lowest BCUT2D eigenvalue weighted by molar-refractivity contribution is -0.144. The van der Waals surface area contributed by atoms with Crippen LogP contribution in [0.1, 0.15) is 30.9 Å². The molecule has 3 rings (SSSR count). The van der Waals surface area contributed by atoms with E-state index in [1.807, 2.05) is 18.2 Å². The van der Waals surface area contributed by atoms with Crippen LogP contribution >= 0.6 is 15.9 Å². The average Bonchev–Trinajstić information content (AvgIpc) is 3.05. The molecule has 7 heteroatoms. The molecule has 1 N–H and O–H groups in total. The molecule has 0 bridgehead atoms. The molecule has 1 heterocycles. The van der Waals surface area contributed by atoms with E-state index >= 15 is 0 Å². The Bertz CT molecular complexity index is 1060. The molecule has 0 saturated heterocycles. The Morgan fingerprint density at radius 2 is 1.93 bits per heavy atom. The van der Waals surface area contributed by atoms with Crippen LogP contribution in [0.5, 0.6) is 0 Å². The van der Waals surface area contributed by atoms with Gasteiger partial charge in [0.1, 0.15) is 12.4 Å². The molecule has 0 aliphatic rings. The number of para-hydroxylation sites is 1. The number of amides is 1.